The van der Waals surface area contributed by atoms with Gasteiger partial charge in [0.1, 0.15) is 6.54 Å². The van der Waals surface area contributed by atoms with Crippen LogP contribution in [-0.2, 0) is 9.59 Å². The summed E-state index contributed by atoms with van der Waals surface area (Å²) in [6, 6.07) is 0. The van der Waals surface area contributed by atoms with E-state index in [-0.39, 0.29) is 41.7 Å². The zero-order valence-corrected chi connectivity index (χ0v) is 14.1. The second-order valence-electron chi connectivity index (χ2n) is 6.01. The molecule has 9 nitrogen and oxygen atoms in total. The monoisotopic (exact) mass is 344 g/mol. The third-order valence-electron chi connectivity index (χ3n) is 2.64. The maximum absolute atomic E-state index is 11.7. The van der Waals surface area contributed by atoms with E-state index in [1.165, 1.54) is 0 Å². The van der Waals surface area contributed by atoms with E-state index in [0.29, 0.717) is 6.42 Å². The first-order valence-corrected chi connectivity index (χ1v) is 7.41. The van der Waals surface area contributed by atoms with Crippen LogP contribution in [0.3, 0.4) is 0 Å². The normalized spacial score (nSPS) is 11.0. The minimum atomic E-state index is -1.05. The van der Waals surface area contributed by atoms with Crippen LogP contribution < -0.4 is 16.0 Å². The first-order chi connectivity index (χ1) is 10.7. The van der Waals surface area contributed by atoms with Crippen molar-refractivity contribution in [3.05, 3.63) is 5.28 Å². The van der Waals surface area contributed by atoms with E-state index in [1.807, 2.05) is 0 Å². The fraction of sp³-hybridized carbons (Fsp3) is 0.615. The molecule has 0 unspecified atom stereocenters. The Kier molecular flexibility index (Phi) is 6.95. The number of halogens is 1. The minimum absolute atomic E-state index is 0.0361. The lowest BCUT2D eigenvalue weighted by molar-refractivity contribution is -0.135. The first-order valence-electron chi connectivity index (χ1n) is 7.03. The third-order valence-corrected chi connectivity index (χ3v) is 2.81. The lowest BCUT2D eigenvalue weighted by Gasteiger charge is -2.17. The number of carbonyl (C=O) groups excluding carboxylic acids is 1. The van der Waals surface area contributed by atoms with E-state index in [1.54, 1.807) is 0 Å². The van der Waals surface area contributed by atoms with Gasteiger partial charge in [0, 0.05) is 6.42 Å². The van der Waals surface area contributed by atoms with E-state index in [2.05, 4.69) is 51.7 Å². The van der Waals surface area contributed by atoms with Gasteiger partial charge < -0.3 is 21.1 Å². The molecule has 0 radical (unpaired) electrons. The Bertz CT molecular complexity index is 561. The maximum atomic E-state index is 11.7. The molecule has 0 bridgehead atoms. The summed E-state index contributed by atoms with van der Waals surface area (Å²) in [6.07, 6.45) is 1.20. The van der Waals surface area contributed by atoms with Gasteiger partial charge in [0.15, 0.2) is 0 Å². The number of carboxylic acid groups (broad SMARTS) is 1. The first kappa shape index (κ1) is 18.9. The zero-order chi connectivity index (χ0) is 17.5. The number of amides is 1. The molecule has 128 valence electrons. The van der Waals surface area contributed by atoms with Crippen molar-refractivity contribution >= 4 is 35.4 Å². The van der Waals surface area contributed by atoms with Crippen LogP contribution in [0, 0.1) is 5.41 Å². The van der Waals surface area contributed by atoms with Gasteiger partial charge in [-0.3, -0.25) is 9.59 Å². The molecule has 0 aromatic carbocycles. The Morgan fingerprint density at radius 1 is 1.13 bits per heavy atom. The number of nitrogens with one attached hydrogen (secondary N) is 3. The lowest BCUT2D eigenvalue weighted by atomic mass is 9.90. The topological polar surface area (TPSA) is 129 Å². The third kappa shape index (κ3) is 8.77. The molecule has 0 fully saturated rings. The highest BCUT2D eigenvalue weighted by atomic mass is 35.5. The molecule has 1 heterocycles. The molecule has 0 aliphatic rings. The maximum Gasteiger partial charge on any atom is 0.322 e. The molecule has 1 aromatic heterocycles. The fourth-order valence-electron chi connectivity index (χ4n) is 1.46. The molecular formula is C13H21ClN6O3. The smallest absolute Gasteiger partial charge is 0.322 e. The number of hydrogen-bond donors (Lipinski definition) is 4. The summed E-state index contributed by atoms with van der Waals surface area (Å²) in [6.45, 7) is 5.98. The van der Waals surface area contributed by atoms with E-state index < -0.39 is 5.97 Å². The van der Waals surface area contributed by atoms with Crippen molar-refractivity contribution in [1.29, 1.82) is 0 Å². The van der Waals surface area contributed by atoms with Crippen LogP contribution in [0.4, 0.5) is 11.9 Å². The number of aromatic nitrogens is 3. The standard InChI is InChI=1S/C13H21ClN6O3/c1-13(2,3)5-4-8(21)16-7-17-12-19-10(14)18-11(20-12)15-6-9(22)23/h4-7H2,1-3H3,(H,16,21)(H,22,23)(H2,15,17,18,19,20). The van der Waals surface area contributed by atoms with Crippen molar-refractivity contribution in [3.8, 4) is 0 Å². The second kappa shape index (κ2) is 8.47. The van der Waals surface area contributed by atoms with Crippen LogP contribution >= 0.6 is 11.6 Å². The van der Waals surface area contributed by atoms with Crippen LogP contribution in [-0.4, -0.2) is 45.1 Å². The summed E-state index contributed by atoms with van der Waals surface area (Å²) in [5.41, 5.74) is 0.0945. The van der Waals surface area contributed by atoms with Crippen LogP contribution in [0.25, 0.3) is 0 Å². The van der Waals surface area contributed by atoms with Crippen LogP contribution in [0.1, 0.15) is 33.6 Å². The SMILES string of the molecule is CC(C)(C)CCC(=O)NCNc1nc(Cl)nc(NCC(=O)O)n1. The van der Waals surface area contributed by atoms with E-state index >= 15 is 0 Å². The molecule has 0 saturated carbocycles. The number of nitrogens with zero attached hydrogens (tertiary/aromatic N) is 3. The van der Waals surface area contributed by atoms with Crippen LogP contribution in [0.5, 0.6) is 0 Å². The summed E-state index contributed by atoms with van der Waals surface area (Å²) in [4.78, 5) is 33.7. The average molecular weight is 345 g/mol. The van der Waals surface area contributed by atoms with Crippen molar-refractivity contribution in [2.45, 2.75) is 33.6 Å². The summed E-state index contributed by atoms with van der Waals surface area (Å²) >= 11 is 5.73. The molecule has 0 atom stereocenters. The van der Waals surface area contributed by atoms with Gasteiger partial charge in [-0.05, 0) is 23.4 Å². The van der Waals surface area contributed by atoms with Crippen molar-refractivity contribution in [2.24, 2.45) is 5.41 Å². The zero-order valence-electron chi connectivity index (χ0n) is 13.3. The fourth-order valence-corrected chi connectivity index (χ4v) is 1.62. The highest BCUT2D eigenvalue weighted by Crippen LogP contribution is 2.20. The number of aliphatic carboxylic acids is 1. The van der Waals surface area contributed by atoms with E-state index in [9.17, 15) is 9.59 Å². The Morgan fingerprint density at radius 3 is 2.30 bits per heavy atom. The molecule has 4 N–H and O–H groups in total. The number of carbonyl (C=O) groups is 2. The van der Waals surface area contributed by atoms with Crippen LogP contribution in [0.15, 0.2) is 0 Å². The van der Waals surface area contributed by atoms with Crippen LogP contribution in [0.2, 0.25) is 5.28 Å². The second-order valence-corrected chi connectivity index (χ2v) is 6.35. The van der Waals surface area contributed by atoms with Gasteiger partial charge in [0.05, 0.1) is 6.67 Å². The van der Waals surface area contributed by atoms with E-state index in [0.717, 1.165) is 6.42 Å². The molecule has 1 amide bonds. The molecular weight excluding hydrogens is 324 g/mol. The molecule has 0 spiro atoms. The lowest BCUT2D eigenvalue weighted by Crippen LogP contribution is -2.30. The molecule has 10 heteroatoms. The average Bonchev–Trinajstić information content (AvgIpc) is 2.42. The number of carboxylic acids is 1. The Labute approximate surface area is 139 Å². The number of anilines is 2. The molecule has 1 aromatic rings. The Morgan fingerprint density at radius 2 is 1.74 bits per heavy atom. The predicted molar refractivity (Wildman–Crippen MR) is 86.3 cm³/mol. The van der Waals surface area contributed by atoms with Gasteiger partial charge >= 0.3 is 5.97 Å². The van der Waals surface area contributed by atoms with Gasteiger partial charge in [-0.25, -0.2) is 0 Å². The summed E-state index contributed by atoms with van der Waals surface area (Å²) in [5, 5.41) is 16.5. The Balaban J connectivity index is 2.45. The van der Waals surface area contributed by atoms with Gasteiger partial charge in [-0.1, -0.05) is 20.8 Å². The summed E-state index contributed by atoms with van der Waals surface area (Å²) in [7, 11) is 0. The van der Waals surface area contributed by atoms with Crippen molar-refractivity contribution in [1.82, 2.24) is 20.3 Å². The molecule has 23 heavy (non-hydrogen) atoms. The minimum Gasteiger partial charge on any atom is -0.480 e. The van der Waals surface area contributed by atoms with Crippen molar-refractivity contribution in [3.63, 3.8) is 0 Å². The molecule has 1 rings (SSSR count). The Hall–Kier alpha value is -2.16. The molecule has 0 aliphatic carbocycles. The van der Waals surface area contributed by atoms with Gasteiger partial charge in [0.2, 0.25) is 23.1 Å². The largest absolute Gasteiger partial charge is 0.480 e. The number of hydrogen-bond acceptors (Lipinski definition) is 7. The van der Waals surface area contributed by atoms with Crippen molar-refractivity contribution < 1.29 is 14.7 Å². The summed E-state index contributed by atoms with van der Waals surface area (Å²) < 4.78 is 0. The van der Waals surface area contributed by atoms with Gasteiger partial charge in [-0.2, -0.15) is 15.0 Å². The van der Waals surface area contributed by atoms with Gasteiger partial charge in [-0.15, -0.1) is 0 Å². The summed E-state index contributed by atoms with van der Waals surface area (Å²) in [5.74, 6) is -0.970. The molecule has 0 aliphatic heterocycles. The predicted octanol–water partition coefficient (Wildman–Crippen LogP) is 1.33. The van der Waals surface area contributed by atoms with Gasteiger partial charge in [0.25, 0.3) is 0 Å². The van der Waals surface area contributed by atoms with E-state index in [4.69, 9.17) is 16.7 Å². The number of rotatable bonds is 8. The van der Waals surface area contributed by atoms with Crippen molar-refractivity contribution in [2.75, 3.05) is 23.8 Å². The quantitative estimate of drug-likeness (QED) is 0.520. The molecule has 0 saturated heterocycles. The highest BCUT2D eigenvalue weighted by molar-refractivity contribution is 6.28. The highest BCUT2D eigenvalue weighted by Gasteiger charge is 2.12.